The average molecular weight is 409 g/mol. The number of nitrogens with one attached hydrogen (secondary N) is 1. The molecule has 1 amide bonds. The van der Waals surface area contributed by atoms with E-state index in [9.17, 15) is 4.79 Å². The van der Waals surface area contributed by atoms with Gasteiger partial charge in [-0.2, -0.15) is 0 Å². The molecule has 1 atom stereocenters. The molecule has 6 heteroatoms. The molecule has 152 valence electrons. The number of fused-ring (bicyclic) bond motifs is 1. The highest BCUT2D eigenvalue weighted by Crippen LogP contribution is 2.28. The van der Waals surface area contributed by atoms with Gasteiger partial charge in [-0.15, -0.1) is 11.8 Å². The molecule has 0 aliphatic carbocycles. The molecule has 3 aromatic rings. The van der Waals surface area contributed by atoms with E-state index in [0.29, 0.717) is 5.75 Å². The number of rotatable bonds is 6. The van der Waals surface area contributed by atoms with Crippen molar-refractivity contribution >= 4 is 28.7 Å². The molecule has 2 heterocycles. The summed E-state index contributed by atoms with van der Waals surface area (Å²) in [5.74, 6) is 1.66. The number of piperazine rings is 1. The van der Waals surface area contributed by atoms with E-state index >= 15 is 0 Å². The van der Waals surface area contributed by atoms with E-state index in [1.54, 1.807) is 11.8 Å². The topological polar surface area (TPSA) is 52.2 Å². The smallest absolute Gasteiger partial charge is 0.232 e. The number of thioether (sulfide) groups is 1. The fourth-order valence-electron chi connectivity index (χ4n) is 3.72. The number of aromatic nitrogens is 2. The Morgan fingerprint density at radius 3 is 2.59 bits per heavy atom. The van der Waals surface area contributed by atoms with Crippen LogP contribution in [0.1, 0.15) is 29.1 Å². The predicted molar refractivity (Wildman–Crippen MR) is 120 cm³/mol. The Bertz CT molecular complexity index is 945. The first-order chi connectivity index (χ1) is 14.1. The minimum Gasteiger partial charge on any atom is -0.341 e. The number of aromatic amines is 1. The largest absolute Gasteiger partial charge is 0.341 e. The Morgan fingerprint density at radius 2 is 1.83 bits per heavy atom. The summed E-state index contributed by atoms with van der Waals surface area (Å²) in [6.45, 7) is 8.72. The fraction of sp³-hybridized carbons (Fsp3) is 0.391. The van der Waals surface area contributed by atoms with Crippen LogP contribution < -0.4 is 0 Å². The average Bonchev–Trinajstić information content (AvgIpc) is 3.18. The minimum atomic E-state index is 0.161. The molecule has 0 radical (unpaired) electrons. The Balaban J connectivity index is 1.25. The maximum atomic E-state index is 12.7. The first-order valence-corrected chi connectivity index (χ1v) is 11.3. The third-order valence-corrected chi connectivity index (χ3v) is 6.77. The normalized spacial score (nSPS) is 16.3. The SMILES string of the molecule is Cc1ccccc1CN1CCN(C(=O)CSC(C)c2nc3ccccc3[nH]2)CC1. The lowest BCUT2D eigenvalue weighted by atomic mass is 10.1. The second-order valence-electron chi connectivity index (χ2n) is 7.68. The minimum absolute atomic E-state index is 0.161. The molecular weight excluding hydrogens is 380 g/mol. The highest BCUT2D eigenvalue weighted by Gasteiger charge is 2.22. The molecule has 5 nitrogen and oxygen atoms in total. The summed E-state index contributed by atoms with van der Waals surface area (Å²) in [6.07, 6.45) is 0. The summed E-state index contributed by atoms with van der Waals surface area (Å²) >= 11 is 1.65. The van der Waals surface area contributed by atoms with Gasteiger partial charge in [-0.1, -0.05) is 36.4 Å². The van der Waals surface area contributed by atoms with Crippen molar-refractivity contribution < 1.29 is 4.79 Å². The summed E-state index contributed by atoms with van der Waals surface area (Å²) < 4.78 is 0. The van der Waals surface area contributed by atoms with Crippen LogP contribution in [0.3, 0.4) is 0 Å². The molecule has 0 spiro atoms. The number of para-hydroxylation sites is 2. The fourth-order valence-corrected chi connectivity index (χ4v) is 4.56. The zero-order valence-electron chi connectivity index (χ0n) is 17.1. The predicted octanol–water partition coefficient (Wildman–Crippen LogP) is 4.01. The molecule has 0 saturated carbocycles. The molecule has 0 bridgehead atoms. The summed E-state index contributed by atoms with van der Waals surface area (Å²) in [6, 6.07) is 16.6. The van der Waals surface area contributed by atoms with E-state index in [-0.39, 0.29) is 11.2 Å². The van der Waals surface area contributed by atoms with Crippen molar-refractivity contribution in [2.24, 2.45) is 0 Å². The van der Waals surface area contributed by atoms with E-state index in [4.69, 9.17) is 0 Å². The van der Waals surface area contributed by atoms with Crippen molar-refractivity contribution in [3.63, 3.8) is 0 Å². The molecule has 4 rings (SSSR count). The molecule has 1 N–H and O–H groups in total. The Hall–Kier alpha value is -2.31. The van der Waals surface area contributed by atoms with Crippen LogP contribution in [0, 0.1) is 6.92 Å². The number of carbonyl (C=O) groups is 1. The standard InChI is InChI=1S/C23H28N4OS/c1-17-7-3-4-8-19(17)15-26-11-13-27(14-12-26)22(28)16-29-18(2)23-24-20-9-5-6-10-21(20)25-23/h3-10,18H,11-16H2,1-2H3,(H,24,25). The van der Waals surface area contributed by atoms with Gasteiger partial charge in [0.1, 0.15) is 5.82 Å². The number of hydrogen-bond donors (Lipinski definition) is 1. The number of benzene rings is 2. The molecule has 29 heavy (non-hydrogen) atoms. The lowest BCUT2D eigenvalue weighted by Gasteiger charge is -2.35. The quantitative estimate of drug-likeness (QED) is 0.670. The zero-order valence-corrected chi connectivity index (χ0v) is 17.9. The number of carbonyl (C=O) groups excluding carboxylic acids is 1. The van der Waals surface area contributed by atoms with Gasteiger partial charge >= 0.3 is 0 Å². The highest BCUT2D eigenvalue weighted by molar-refractivity contribution is 8.00. The van der Waals surface area contributed by atoms with Crippen molar-refractivity contribution in [2.45, 2.75) is 25.6 Å². The van der Waals surface area contributed by atoms with E-state index < -0.39 is 0 Å². The molecule has 1 saturated heterocycles. The molecule has 1 fully saturated rings. The second-order valence-corrected chi connectivity index (χ2v) is 9.00. The van der Waals surface area contributed by atoms with Crippen molar-refractivity contribution in [3.05, 3.63) is 65.5 Å². The van der Waals surface area contributed by atoms with Gasteiger partial charge in [-0.3, -0.25) is 9.69 Å². The van der Waals surface area contributed by atoms with Crippen LogP contribution in [-0.4, -0.2) is 57.6 Å². The molecule has 2 aromatic carbocycles. The van der Waals surface area contributed by atoms with E-state index in [1.165, 1.54) is 11.1 Å². The van der Waals surface area contributed by atoms with Crippen molar-refractivity contribution in [1.82, 2.24) is 19.8 Å². The molecule has 1 aliphatic rings. The molecule has 1 unspecified atom stereocenters. The van der Waals surface area contributed by atoms with Gasteiger partial charge in [0.25, 0.3) is 0 Å². The Morgan fingerprint density at radius 1 is 1.10 bits per heavy atom. The molecule has 1 aliphatic heterocycles. The van der Waals surface area contributed by atoms with E-state index in [2.05, 4.69) is 53.0 Å². The number of imidazole rings is 1. The lowest BCUT2D eigenvalue weighted by Crippen LogP contribution is -2.48. The third-order valence-electron chi connectivity index (χ3n) is 5.63. The first-order valence-electron chi connectivity index (χ1n) is 10.2. The Labute approximate surface area is 176 Å². The van der Waals surface area contributed by atoms with Crippen LogP contribution in [0.15, 0.2) is 48.5 Å². The summed E-state index contributed by atoms with van der Waals surface area (Å²) in [5.41, 5.74) is 4.74. The van der Waals surface area contributed by atoms with Crippen LogP contribution in [0.4, 0.5) is 0 Å². The van der Waals surface area contributed by atoms with Crippen molar-refractivity contribution in [3.8, 4) is 0 Å². The van der Waals surface area contributed by atoms with Crippen LogP contribution in [0.5, 0.6) is 0 Å². The van der Waals surface area contributed by atoms with Gasteiger partial charge < -0.3 is 9.88 Å². The lowest BCUT2D eigenvalue weighted by molar-refractivity contribution is -0.130. The number of hydrogen-bond acceptors (Lipinski definition) is 4. The van der Waals surface area contributed by atoms with Gasteiger partial charge in [0.05, 0.1) is 22.0 Å². The van der Waals surface area contributed by atoms with Gasteiger partial charge in [0, 0.05) is 32.7 Å². The van der Waals surface area contributed by atoms with Gasteiger partial charge in [-0.05, 0) is 37.1 Å². The number of amides is 1. The number of H-pyrrole nitrogens is 1. The van der Waals surface area contributed by atoms with Crippen molar-refractivity contribution in [1.29, 1.82) is 0 Å². The van der Waals surface area contributed by atoms with Crippen LogP contribution >= 0.6 is 11.8 Å². The first kappa shape index (κ1) is 20.0. The van der Waals surface area contributed by atoms with Gasteiger partial charge in [0.15, 0.2) is 0 Å². The van der Waals surface area contributed by atoms with Crippen LogP contribution in [-0.2, 0) is 11.3 Å². The number of aryl methyl sites for hydroxylation is 1. The van der Waals surface area contributed by atoms with E-state index in [1.807, 2.05) is 29.2 Å². The van der Waals surface area contributed by atoms with Gasteiger partial charge in [-0.25, -0.2) is 4.98 Å². The monoisotopic (exact) mass is 408 g/mol. The molecular formula is C23H28N4OS. The van der Waals surface area contributed by atoms with Crippen LogP contribution in [0.2, 0.25) is 0 Å². The summed E-state index contributed by atoms with van der Waals surface area (Å²) in [5, 5.41) is 0.161. The second kappa shape index (κ2) is 9.01. The Kier molecular flexibility index (Phi) is 6.21. The number of nitrogens with zero attached hydrogens (tertiary/aromatic N) is 3. The third kappa shape index (κ3) is 4.82. The van der Waals surface area contributed by atoms with E-state index in [0.717, 1.165) is 49.6 Å². The summed E-state index contributed by atoms with van der Waals surface area (Å²) in [7, 11) is 0. The van der Waals surface area contributed by atoms with Gasteiger partial charge in [0.2, 0.25) is 5.91 Å². The maximum absolute atomic E-state index is 12.7. The highest BCUT2D eigenvalue weighted by atomic mass is 32.2. The van der Waals surface area contributed by atoms with Crippen LogP contribution in [0.25, 0.3) is 11.0 Å². The summed E-state index contributed by atoms with van der Waals surface area (Å²) in [4.78, 5) is 25.1. The molecule has 1 aromatic heterocycles. The zero-order chi connectivity index (χ0) is 20.2. The maximum Gasteiger partial charge on any atom is 0.232 e. The van der Waals surface area contributed by atoms with Crippen molar-refractivity contribution in [2.75, 3.05) is 31.9 Å².